The molecule has 0 saturated carbocycles. The Labute approximate surface area is 95.9 Å². The highest BCUT2D eigenvalue weighted by molar-refractivity contribution is 5.76. The molecule has 0 heterocycles. The van der Waals surface area contributed by atoms with Crippen molar-refractivity contribution in [1.29, 1.82) is 0 Å². The third-order valence-corrected chi connectivity index (χ3v) is 2.79. The van der Waals surface area contributed by atoms with Crippen LogP contribution >= 0.6 is 0 Å². The van der Waals surface area contributed by atoms with Crippen LogP contribution in [0.15, 0.2) is 24.3 Å². The van der Waals surface area contributed by atoms with Crippen molar-refractivity contribution in [2.45, 2.75) is 26.2 Å². The zero-order valence-corrected chi connectivity index (χ0v) is 9.96. The van der Waals surface area contributed by atoms with E-state index in [-0.39, 0.29) is 23.6 Å². The van der Waals surface area contributed by atoms with E-state index in [0.29, 0.717) is 12.0 Å². The maximum atomic E-state index is 13.6. The quantitative estimate of drug-likeness (QED) is 0.835. The maximum Gasteiger partial charge on any atom is 0.220 e. The van der Waals surface area contributed by atoms with Crippen molar-refractivity contribution < 1.29 is 9.18 Å². The summed E-state index contributed by atoms with van der Waals surface area (Å²) in [6.45, 7) is 4.00. The molecule has 0 aliphatic carbocycles. The Kier molecular flexibility index (Phi) is 4.47. The van der Waals surface area contributed by atoms with E-state index in [1.807, 2.05) is 13.8 Å². The van der Waals surface area contributed by atoms with E-state index in [2.05, 4.69) is 5.32 Å². The number of hydrogen-bond acceptors (Lipinski definition) is 1. The van der Waals surface area contributed by atoms with Gasteiger partial charge in [0.15, 0.2) is 0 Å². The molecule has 88 valence electrons. The second kappa shape index (κ2) is 5.64. The van der Waals surface area contributed by atoms with Crippen LogP contribution in [-0.2, 0) is 4.79 Å². The molecule has 0 aliphatic heterocycles. The largest absolute Gasteiger partial charge is 0.359 e. The van der Waals surface area contributed by atoms with Crippen molar-refractivity contribution in [2.24, 2.45) is 5.92 Å². The predicted octanol–water partition coefficient (Wildman–Crippen LogP) is 2.70. The summed E-state index contributed by atoms with van der Waals surface area (Å²) in [6, 6.07) is 6.66. The van der Waals surface area contributed by atoms with E-state index in [9.17, 15) is 9.18 Å². The first kappa shape index (κ1) is 12.7. The number of hydrogen-bond donors (Lipinski definition) is 1. The van der Waals surface area contributed by atoms with Crippen molar-refractivity contribution >= 4 is 5.91 Å². The van der Waals surface area contributed by atoms with Gasteiger partial charge in [-0.25, -0.2) is 4.39 Å². The van der Waals surface area contributed by atoms with Gasteiger partial charge in [0, 0.05) is 13.5 Å². The highest BCUT2D eigenvalue weighted by Gasteiger charge is 2.21. The Bertz CT molecular complexity index is 363. The van der Waals surface area contributed by atoms with E-state index >= 15 is 0 Å². The minimum absolute atomic E-state index is 0.0537. The first-order valence-electron chi connectivity index (χ1n) is 5.51. The molecule has 0 radical (unpaired) electrons. The molecule has 1 amide bonds. The summed E-state index contributed by atoms with van der Waals surface area (Å²) < 4.78 is 13.6. The normalized spacial score (nSPS) is 12.6. The monoisotopic (exact) mass is 223 g/mol. The minimum Gasteiger partial charge on any atom is -0.359 e. The highest BCUT2D eigenvalue weighted by Crippen LogP contribution is 2.29. The summed E-state index contributed by atoms with van der Waals surface area (Å²) in [7, 11) is 1.60. The molecule has 1 unspecified atom stereocenters. The molecule has 0 fully saturated rings. The Morgan fingerprint density at radius 3 is 2.50 bits per heavy atom. The van der Waals surface area contributed by atoms with Crippen LogP contribution in [-0.4, -0.2) is 13.0 Å². The number of benzene rings is 1. The molecule has 3 heteroatoms. The molecule has 0 saturated heterocycles. The smallest absolute Gasteiger partial charge is 0.220 e. The van der Waals surface area contributed by atoms with Gasteiger partial charge >= 0.3 is 0 Å². The van der Waals surface area contributed by atoms with Crippen molar-refractivity contribution in [1.82, 2.24) is 5.32 Å². The van der Waals surface area contributed by atoms with Gasteiger partial charge in [0.1, 0.15) is 5.82 Å². The Morgan fingerprint density at radius 2 is 2.00 bits per heavy atom. The van der Waals surface area contributed by atoms with Crippen molar-refractivity contribution in [2.75, 3.05) is 7.05 Å². The van der Waals surface area contributed by atoms with E-state index in [0.717, 1.165) is 0 Å². The standard InChI is InChI=1S/C13H18FNO/c1-9(2)11(8-13(16)15-3)10-6-4-5-7-12(10)14/h4-7,9,11H,8H2,1-3H3,(H,15,16). The number of rotatable bonds is 4. The van der Waals surface area contributed by atoms with Crippen LogP contribution in [0.5, 0.6) is 0 Å². The molecular formula is C13H18FNO. The molecule has 1 aromatic rings. The number of nitrogens with one attached hydrogen (secondary N) is 1. The molecule has 1 aromatic carbocycles. The van der Waals surface area contributed by atoms with E-state index in [1.165, 1.54) is 6.07 Å². The fraction of sp³-hybridized carbons (Fsp3) is 0.462. The molecule has 0 bridgehead atoms. The van der Waals surface area contributed by atoms with Crippen LogP contribution in [0.25, 0.3) is 0 Å². The van der Waals surface area contributed by atoms with Gasteiger partial charge in [0.05, 0.1) is 0 Å². The van der Waals surface area contributed by atoms with Gasteiger partial charge in [-0.15, -0.1) is 0 Å². The maximum absolute atomic E-state index is 13.6. The topological polar surface area (TPSA) is 29.1 Å². The molecule has 2 nitrogen and oxygen atoms in total. The third kappa shape index (κ3) is 3.05. The lowest BCUT2D eigenvalue weighted by atomic mass is 9.85. The first-order valence-corrected chi connectivity index (χ1v) is 5.51. The molecule has 1 atom stereocenters. The second-order valence-corrected chi connectivity index (χ2v) is 4.25. The molecule has 1 N–H and O–H groups in total. The van der Waals surface area contributed by atoms with E-state index in [1.54, 1.807) is 25.2 Å². The van der Waals surface area contributed by atoms with Gasteiger partial charge in [-0.2, -0.15) is 0 Å². The zero-order valence-electron chi connectivity index (χ0n) is 9.96. The molecule has 0 aromatic heterocycles. The summed E-state index contributed by atoms with van der Waals surface area (Å²) in [5.41, 5.74) is 0.626. The number of amides is 1. The third-order valence-electron chi connectivity index (χ3n) is 2.79. The van der Waals surface area contributed by atoms with Crippen LogP contribution in [0.3, 0.4) is 0 Å². The SMILES string of the molecule is CNC(=O)CC(c1ccccc1F)C(C)C. The van der Waals surface area contributed by atoms with Gasteiger partial charge in [-0.3, -0.25) is 4.79 Å². The van der Waals surface area contributed by atoms with Gasteiger partial charge < -0.3 is 5.32 Å². The van der Waals surface area contributed by atoms with E-state index in [4.69, 9.17) is 0 Å². The lowest BCUT2D eigenvalue weighted by molar-refractivity contribution is -0.121. The molecule has 16 heavy (non-hydrogen) atoms. The van der Waals surface area contributed by atoms with Crippen LogP contribution in [0.4, 0.5) is 4.39 Å². The second-order valence-electron chi connectivity index (χ2n) is 4.25. The van der Waals surface area contributed by atoms with Crippen LogP contribution in [0, 0.1) is 11.7 Å². The van der Waals surface area contributed by atoms with Crippen molar-refractivity contribution in [3.8, 4) is 0 Å². The molecule has 1 rings (SSSR count). The number of carbonyl (C=O) groups is 1. The fourth-order valence-corrected chi connectivity index (χ4v) is 1.78. The van der Waals surface area contributed by atoms with Gasteiger partial charge in [-0.05, 0) is 23.5 Å². The van der Waals surface area contributed by atoms with Crippen LogP contribution in [0.1, 0.15) is 31.7 Å². The summed E-state index contributed by atoms with van der Waals surface area (Å²) in [5, 5.41) is 2.58. The lowest BCUT2D eigenvalue weighted by Gasteiger charge is -2.21. The zero-order chi connectivity index (χ0) is 12.1. The Balaban J connectivity index is 2.94. The predicted molar refractivity (Wildman–Crippen MR) is 62.7 cm³/mol. The summed E-state index contributed by atoms with van der Waals surface area (Å²) in [6.07, 6.45) is 0.328. The summed E-state index contributed by atoms with van der Waals surface area (Å²) >= 11 is 0. The van der Waals surface area contributed by atoms with Gasteiger partial charge in [0.2, 0.25) is 5.91 Å². The highest BCUT2D eigenvalue weighted by atomic mass is 19.1. The molecule has 0 spiro atoms. The van der Waals surface area contributed by atoms with Crippen molar-refractivity contribution in [3.05, 3.63) is 35.6 Å². The summed E-state index contributed by atoms with van der Waals surface area (Å²) in [4.78, 5) is 11.4. The number of carbonyl (C=O) groups excluding carboxylic acids is 1. The van der Waals surface area contributed by atoms with Crippen LogP contribution < -0.4 is 5.32 Å². The summed E-state index contributed by atoms with van der Waals surface area (Å²) in [5.74, 6) is -0.123. The lowest BCUT2D eigenvalue weighted by Crippen LogP contribution is -2.23. The fourth-order valence-electron chi connectivity index (χ4n) is 1.78. The minimum atomic E-state index is -0.231. The van der Waals surface area contributed by atoms with Gasteiger partial charge in [0.25, 0.3) is 0 Å². The Morgan fingerprint density at radius 1 is 1.38 bits per heavy atom. The van der Waals surface area contributed by atoms with Gasteiger partial charge in [-0.1, -0.05) is 32.0 Å². The first-order chi connectivity index (χ1) is 7.56. The van der Waals surface area contributed by atoms with Crippen LogP contribution in [0.2, 0.25) is 0 Å². The number of halogens is 1. The average Bonchev–Trinajstić information content (AvgIpc) is 2.26. The molecular weight excluding hydrogens is 205 g/mol. The van der Waals surface area contributed by atoms with E-state index < -0.39 is 0 Å². The average molecular weight is 223 g/mol. The molecule has 0 aliphatic rings. The Hall–Kier alpha value is -1.38. The van der Waals surface area contributed by atoms with Crippen molar-refractivity contribution in [3.63, 3.8) is 0 Å².